The molecule has 1 fully saturated rings. The zero-order chi connectivity index (χ0) is 19.1. The molecule has 1 atom stereocenters. The number of nitrogens with one attached hydrogen (secondary N) is 1. The van der Waals surface area contributed by atoms with Crippen molar-refractivity contribution in [2.45, 2.75) is 25.6 Å². The van der Waals surface area contributed by atoms with Gasteiger partial charge in [-0.1, -0.05) is 54.1 Å². The highest BCUT2D eigenvalue weighted by atomic mass is 32.2. The Kier molecular flexibility index (Phi) is 4.52. The Balaban J connectivity index is 2.32. The van der Waals surface area contributed by atoms with Gasteiger partial charge >= 0.3 is 6.18 Å². The third-order valence-electron chi connectivity index (χ3n) is 4.35. The van der Waals surface area contributed by atoms with E-state index < -0.39 is 17.6 Å². The molecular weight excluding hydrogens is 361 g/mol. The molecule has 3 nitrogen and oxygen atoms in total. The van der Waals surface area contributed by atoms with Crippen molar-refractivity contribution in [3.63, 3.8) is 0 Å². The molecule has 1 saturated heterocycles. The molecular formula is C19H17F3N2OS. The average Bonchev–Trinajstić information content (AvgIpc) is 2.57. The lowest BCUT2D eigenvalue weighted by Crippen LogP contribution is -2.66. The van der Waals surface area contributed by atoms with Crippen molar-refractivity contribution < 1.29 is 18.0 Å². The summed E-state index contributed by atoms with van der Waals surface area (Å²) >= 11 is 0.781. The van der Waals surface area contributed by atoms with Gasteiger partial charge in [0.05, 0.1) is 5.03 Å². The van der Waals surface area contributed by atoms with E-state index in [-0.39, 0.29) is 16.3 Å². The van der Waals surface area contributed by atoms with E-state index in [0.29, 0.717) is 0 Å². The number of aryl methyl sites for hydroxylation is 2. The second-order valence-corrected chi connectivity index (χ2v) is 7.05. The lowest BCUT2D eigenvalue weighted by Gasteiger charge is -2.48. The Morgan fingerprint density at radius 1 is 1.00 bits per heavy atom. The standard InChI is InChI=1S/C19H17F3N2OS/c1-12-4-8-15(9-5-12)18(19(20,21)22)17(25)23-26-14(3)24(18)16-10-6-13(2)7-11-16/h4-11H,3H2,1-2H3,(H,23,25). The fourth-order valence-corrected chi connectivity index (χ4v) is 3.71. The summed E-state index contributed by atoms with van der Waals surface area (Å²) < 4.78 is 45.7. The van der Waals surface area contributed by atoms with Crippen molar-refractivity contribution in [1.29, 1.82) is 0 Å². The van der Waals surface area contributed by atoms with E-state index in [9.17, 15) is 18.0 Å². The maximum Gasteiger partial charge on any atom is 0.425 e. The fraction of sp³-hybridized carbons (Fsp3) is 0.211. The number of rotatable bonds is 2. The number of nitrogens with zero attached hydrogens (tertiary/aromatic N) is 1. The molecule has 3 rings (SSSR count). The highest BCUT2D eigenvalue weighted by Crippen LogP contribution is 2.51. The second-order valence-electron chi connectivity index (χ2n) is 6.17. The molecule has 2 aromatic rings. The number of alkyl halides is 3. The zero-order valence-electron chi connectivity index (χ0n) is 14.2. The van der Waals surface area contributed by atoms with Gasteiger partial charge in [-0.2, -0.15) is 13.2 Å². The smallest absolute Gasteiger partial charge is 0.308 e. The van der Waals surface area contributed by atoms with Crippen LogP contribution in [0.4, 0.5) is 18.9 Å². The summed E-state index contributed by atoms with van der Waals surface area (Å²) in [5, 5.41) is 0.0892. The molecule has 7 heteroatoms. The first-order chi connectivity index (χ1) is 12.2. The number of hydrogen-bond donors (Lipinski definition) is 1. The predicted octanol–water partition coefficient (Wildman–Crippen LogP) is 4.82. The van der Waals surface area contributed by atoms with E-state index in [0.717, 1.165) is 28.0 Å². The van der Waals surface area contributed by atoms with E-state index in [1.54, 1.807) is 43.3 Å². The Morgan fingerprint density at radius 2 is 1.50 bits per heavy atom. The van der Waals surface area contributed by atoms with Crippen LogP contribution in [-0.2, 0) is 10.3 Å². The summed E-state index contributed by atoms with van der Waals surface area (Å²) in [6.45, 7) is 7.37. The molecule has 136 valence electrons. The van der Waals surface area contributed by atoms with E-state index in [1.165, 1.54) is 12.1 Å². The number of amides is 1. The van der Waals surface area contributed by atoms with Crippen molar-refractivity contribution in [2.24, 2.45) is 0 Å². The van der Waals surface area contributed by atoms with E-state index in [1.807, 2.05) is 6.92 Å². The van der Waals surface area contributed by atoms with Crippen LogP contribution < -0.4 is 9.62 Å². The van der Waals surface area contributed by atoms with E-state index >= 15 is 0 Å². The van der Waals surface area contributed by atoms with Gasteiger partial charge in [-0.15, -0.1) is 0 Å². The minimum Gasteiger partial charge on any atom is -0.308 e. The van der Waals surface area contributed by atoms with Crippen molar-refractivity contribution in [3.8, 4) is 0 Å². The van der Waals surface area contributed by atoms with Crippen molar-refractivity contribution in [1.82, 2.24) is 4.72 Å². The predicted molar refractivity (Wildman–Crippen MR) is 97.4 cm³/mol. The maximum absolute atomic E-state index is 14.5. The molecule has 1 unspecified atom stereocenters. The highest BCUT2D eigenvalue weighted by Gasteiger charge is 2.67. The summed E-state index contributed by atoms with van der Waals surface area (Å²) in [5.74, 6) is -1.15. The van der Waals surface area contributed by atoms with Gasteiger partial charge < -0.3 is 4.90 Å². The first kappa shape index (κ1) is 18.4. The largest absolute Gasteiger partial charge is 0.425 e. The molecule has 1 aliphatic rings. The number of anilines is 1. The van der Waals surface area contributed by atoms with Crippen LogP contribution >= 0.6 is 11.9 Å². The van der Waals surface area contributed by atoms with Gasteiger partial charge in [0, 0.05) is 17.6 Å². The number of halogens is 3. The molecule has 1 aliphatic heterocycles. The van der Waals surface area contributed by atoms with Gasteiger partial charge in [0.15, 0.2) is 0 Å². The van der Waals surface area contributed by atoms with Crippen molar-refractivity contribution in [3.05, 3.63) is 76.8 Å². The molecule has 0 spiro atoms. The summed E-state index contributed by atoms with van der Waals surface area (Å²) in [7, 11) is 0. The minimum absolute atomic E-state index is 0.0892. The summed E-state index contributed by atoms with van der Waals surface area (Å²) in [6, 6.07) is 12.3. The molecule has 0 bridgehead atoms. The molecule has 0 radical (unpaired) electrons. The average molecular weight is 378 g/mol. The van der Waals surface area contributed by atoms with Gasteiger partial charge in [-0.25, -0.2) is 0 Å². The maximum atomic E-state index is 14.5. The van der Waals surface area contributed by atoms with E-state index in [2.05, 4.69) is 11.3 Å². The van der Waals surface area contributed by atoms with Gasteiger partial charge in [0.1, 0.15) is 0 Å². The molecule has 26 heavy (non-hydrogen) atoms. The normalized spacial score (nSPS) is 20.9. The van der Waals surface area contributed by atoms with Gasteiger partial charge in [-0.05, 0) is 31.5 Å². The Labute approximate surface area is 154 Å². The lowest BCUT2D eigenvalue weighted by molar-refractivity contribution is -0.193. The number of carbonyl (C=O) groups excluding carboxylic acids is 1. The van der Waals surface area contributed by atoms with Crippen LogP contribution in [0.1, 0.15) is 16.7 Å². The minimum atomic E-state index is -4.87. The third-order valence-corrected chi connectivity index (χ3v) is 5.05. The van der Waals surface area contributed by atoms with Crippen LogP contribution in [0.2, 0.25) is 0 Å². The fourth-order valence-electron chi connectivity index (χ4n) is 3.02. The molecule has 0 saturated carbocycles. The molecule has 1 amide bonds. The molecule has 1 N–H and O–H groups in total. The summed E-state index contributed by atoms with van der Waals surface area (Å²) in [5.41, 5.74) is -1.09. The van der Waals surface area contributed by atoms with E-state index in [4.69, 9.17) is 0 Å². The molecule has 0 aliphatic carbocycles. The summed E-state index contributed by atoms with van der Waals surface area (Å²) in [4.78, 5) is 13.7. The lowest BCUT2D eigenvalue weighted by atomic mass is 9.85. The number of benzene rings is 2. The monoisotopic (exact) mass is 378 g/mol. The van der Waals surface area contributed by atoms with Gasteiger partial charge in [-0.3, -0.25) is 9.52 Å². The Morgan fingerprint density at radius 3 is 2.00 bits per heavy atom. The summed E-state index contributed by atoms with van der Waals surface area (Å²) in [6.07, 6.45) is -4.87. The van der Waals surface area contributed by atoms with Crippen LogP contribution in [0.5, 0.6) is 0 Å². The van der Waals surface area contributed by atoms with Crippen molar-refractivity contribution >= 4 is 23.5 Å². The SMILES string of the molecule is C=C1SNC(=O)C(c2ccc(C)cc2)(C(F)(F)F)N1c1ccc(C)cc1. The molecule has 2 aromatic carbocycles. The number of hydrogen-bond acceptors (Lipinski definition) is 3. The van der Waals surface area contributed by atoms with Crippen molar-refractivity contribution in [2.75, 3.05) is 4.90 Å². The number of carbonyl (C=O) groups is 1. The molecule has 0 aromatic heterocycles. The van der Waals surface area contributed by atoms with Crippen LogP contribution in [0.3, 0.4) is 0 Å². The van der Waals surface area contributed by atoms with Gasteiger partial charge in [0.2, 0.25) is 5.54 Å². The molecule has 1 heterocycles. The van der Waals surface area contributed by atoms with Crippen LogP contribution in [0.15, 0.2) is 60.1 Å². The first-order valence-corrected chi connectivity index (χ1v) is 8.66. The Bertz CT molecular complexity index is 847. The third kappa shape index (κ3) is 2.76. The Hall–Kier alpha value is -2.41. The highest BCUT2D eigenvalue weighted by molar-refractivity contribution is 8.02. The van der Waals surface area contributed by atoms with Crippen LogP contribution in [0, 0.1) is 13.8 Å². The van der Waals surface area contributed by atoms with Crippen LogP contribution in [-0.4, -0.2) is 12.1 Å². The quantitative estimate of drug-likeness (QED) is 0.761. The topological polar surface area (TPSA) is 32.3 Å². The second kappa shape index (κ2) is 6.39. The first-order valence-electron chi connectivity index (χ1n) is 7.85. The van der Waals surface area contributed by atoms with Gasteiger partial charge in [0.25, 0.3) is 5.91 Å². The van der Waals surface area contributed by atoms with Crippen LogP contribution in [0.25, 0.3) is 0 Å². The zero-order valence-corrected chi connectivity index (χ0v) is 15.0.